The third kappa shape index (κ3) is 4.18. The first-order valence-electron chi connectivity index (χ1n) is 7.23. The van der Waals surface area contributed by atoms with Gasteiger partial charge in [-0.15, -0.1) is 11.3 Å². The lowest BCUT2D eigenvalue weighted by molar-refractivity contribution is -0.136. The van der Waals surface area contributed by atoms with Crippen molar-refractivity contribution in [1.29, 1.82) is 0 Å². The van der Waals surface area contributed by atoms with E-state index in [-0.39, 0.29) is 6.54 Å². The molecule has 1 unspecified atom stereocenters. The van der Waals surface area contributed by atoms with Crippen molar-refractivity contribution >= 4 is 28.8 Å². The zero-order chi connectivity index (χ0) is 17.0. The van der Waals surface area contributed by atoms with E-state index in [2.05, 4.69) is 10.6 Å². The van der Waals surface area contributed by atoms with Crippen LogP contribution in [0.4, 0.5) is 5.69 Å². The number of benzene rings is 1. The van der Waals surface area contributed by atoms with Crippen molar-refractivity contribution in [3.63, 3.8) is 0 Å². The van der Waals surface area contributed by atoms with Gasteiger partial charge in [-0.3, -0.25) is 9.59 Å². The van der Waals surface area contributed by atoms with E-state index < -0.39 is 17.4 Å². The molecule has 0 fully saturated rings. The van der Waals surface area contributed by atoms with E-state index in [1.54, 1.807) is 13.0 Å². The van der Waals surface area contributed by atoms with Crippen LogP contribution in [0.2, 0.25) is 0 Å². The average Bonchev–Trinajstić information content (AvgIpc) is 3.03. The SMILES string of the molecule is Cc1cccc(C)c1NC(=O)C(=O)NCC(C)(O)c1cccs1. The molecule has 1 atom stereocenters. The molecule has 0 radical (unpaired) electrons. The average molecular weight is 332 g/mol. The molecule has 0 saturated carbocycles. The molecule has 0 aliphatic rings. The summed E-state index contributed by atoms with van der Waals surface area (Å²) >= 11 is 1.39. The summed E-state index contributed by atoms with van der Waals surface area (Å²) in [5.74, 6) is -1.52. The van der Waals surface area contributed by atoms with Gasteiger partial charge in [0.1, 0.15) is 5.60 Å². The van der Waals surface area contributed by atoms with E-state index >= 15 is 0 Å². The summed E-state index contributed by atoms with van der Waals surface area (Å²) in [6.45, 7) is 5.29. The molecule has 3 N–H and O–H groups in total. The van der Waals surface area contributed by atoms with Crippen LogP contribution < -0.4 is 10.6 Å². The third-order valence-corrected chi connectivity index (χ3v) is 4.69. The lowest BCUT2D eigenvalue weighted by atomic mass is 10.1. The summed E-state index contributed by atoms with van der Waals surface area (Å²) in [4.78, 5) is 24.7. The Hall–Kier alpha value is -2.18. The highest BCUT2D eigenvalue weighted by atomic mass is 32.1. The Bertz CT molecular complexity index is 688. The van der Waals surface area contributed by atoms with Crippen LogP contribution in [-0.2, 0) is 15.2 Å². The second-order valence-corrected chi connectivity index (χ2v) is 6.60. The number of hydrogen-bond donors (Lipinski definition) is 3. The highest BCUT2D eigenvalue weighted by Crippen LogP contribution is 2.24. The van der Waals surface area contributed by atoms with E-state index in [1.807, 2.05) is 43.5 Å². The molecular weight excluding hydrogens is 312 g/mol. The van der Waals surface area contributed by atoms with Crippen molar-refractivity contribution in [2.24, 2.45) is 0 Å². The molecule has 2 aromatic rings. The van der Waals surface area contributed by atoms with Crippen molar-refractivity contribution in [3.05, 3.63) is 51.7 Å². The van der Waals surface area contributed by atoms with E-state index in [4.69, 9.17) is 0 Å². The highest BCUT2D eigenvalue weighted by molar-refractivity contribution is 7.10. The zero-order valence-electron chi connectivity index (χ0n) is 13.3. The maximum Gasteiger partial charge on any atom is 0.313 e. The van der Waals surface area contributed by atoms with Crippen LogP contribution in [0.3, 0.4) is 0 Å². The molecule has 0 spiro atoms. The molecule has 0 aliphatic carbocycles. The van der Waals surface area contributed by atoms with Gasteiger partial charge in [-0.2, -0.15) is 0 Å². The summed E-state index contributed by atoms with van der Waals surface area (Å²) in [6, 6.07) is 9.22. The Labute approximate surface area is 139 Å². The zero-order valence-corrected chi connectivity index (χ0v) is 14.2. The van der Waals surface area contributed by atoms with Gasteiger partial charge in [-0.25, -0.2) is 0 Å². The van der Waals surface area contributed by atoms with E-state index in [9.17, 15) is 14.7 Å². The number of para-hydroxylation sites is 1. The standard InChI is InChI=1S/C17H20N2O3S/c1-11-6-4-7-12(2)14(11)19-16(21)15(20)18-10-17(3,22)13-8-5-9-23-13/h4-9,22H,10H2,1-3H3,(H,18,20)(H,19,21). The molecule has 23 heavy (non-hydrogen) atoms. The van der Waals surface area contributed by atoms with Crippen LogP contribution in [0.25, 0.3) is 0 Å². The number of amides is 2. The molecule has 1 aromatic carbocycles. The molecular formula is C17H20N2O3S. The molecule has 1 aromatic heterocycles. The van der Waals surface area contributed by atoms with E-state index in [0.29, 0.717) is 5.69 Å². The maximum absolute atomic E-state index is 12.0. The number of carbonyl (C=O) groups excluding carboxylic acids is 2. The second-order valence-electron chi connectivity index (χ2n) is 5.65. The first-order chi connectivity index (χ1) is 10.8. The Morgan fingerprint density at radius 3 is 2.35 bits per heavy atom. The Kier molecular flexibility index (Phi) is 5.18. The quantitative estimate of drug-likeness (QED) is 0.752. The van der Waals surface area contributed by atoms with Gasteiger partial charge >= 0.3 is 11.8 Å². The van der Waals surface area contributed by atoms with Crippen LogP contribution in [0.15, 0.2) is 35.7 Å². The minimum absolute atomic E-state index is 0.0352. The topological polar surface area (TPSA) is 78.4 Å². The predicted molar refractivity (Wildman–Crippen MR) is 91.4 cm³/mol. The predicted octanol–water partition coefficient (Wildman–Crippen LogP) is 2.33. The fraction of sp³-hybridized carbons (Fsp3) is 0.294. The largest absolute Gasteiger partial charge is 0.383 e. The molecule has 2 rings (SSSR count). The number of anilines is 1. The number of hydrogen-bond acceptors (Lipinski definition) is 4. The fourth-order valence-electron chi connectivity index (χ4n) is 2.19. The van der Waals surface area contributed by atoms with Gasteiger partial charge in [0.2, 0.25) is 0 Å². The Balaban J connectivity index is 1.97. The number of rotatable bonds is 4. The second kappa shape index (κ2) is 6.93. The Morgan fingerprint density at radius 2 is 1.78 bits per heavy atom. The van der Waals surface area contributed by atoms with Crippen molar-refractivity contribution in [1.82, 2.24) is 5.32 Å². The monoisotopic (exact) mass is 332 g/mol. The normalized spacial score (nSPS) is 13.2. The fourth-order valence-corrected chi connectivity index (χ4v) is 2.97. The molecule has 0 aliphatic heterocycles. The molecule has 1 heterocycles. The Morgan fingerprint density at radius 1 is 1.13 bits per heavy atom. The minimum Gasteiger partial charge on any atom is -0.383 e. The number of carbonyl (C=O) groups is 2. The summed E-state index contributed by atoms with van der Waals surface area (Å²) in [5, 5.41) is 17.3. The van der Waals surface area contributed by atoms with Gasteiger partial charge in [-0.1, -0.05) is 24.3 Å². The maximum atomic E-state index is 12.0. The number of aryl methyl sites for hydroxylation is 2. The van der Waals surface area contributed by atoms with Crippen LogP contribution in [0.1, 0.15) is 22.9 Å². The molecule has 0 bridgehead atoms. The summed E-state index contributed by atoms with van der Waals surface area (Å²) in [7, 11) is 0. The van der Waals surface area contributed by atoms with Gasteiger partial charge in [0.05, 0.1) is 6.54 Å². The van der Waals surface area contributed by atoms with Crippen LogP contribution in [0, 0.1) is 13.8 Å². The van der Waals surface area contributed by atoms with Crippen LogP contribution in [-0.4, -0.2) is 23.5 Å². The smallest absolute Gasteiger partial charge is 0.313 e. The summed E-state index contributed by atoms with van der Waals surface area (Å²) < 4.78 is 0. The van der Waals surface area contributed by atoms with Crippen LogP contribution in [0.5, 0.6) is 0 Å². The van der Waals surface area contributed by atoms with E-state index in [0.717, 1.165) is 16.0 Å². The number of thiophene rings is 1. The molecule has 0 saturated heterocycles. The first-order valence-corrected chi connectivity index (χ1v) is 8.11. The number of aliphatic hydroxyl groups is 1. The number of nitrogens with one attached hydrogen (secondary N) is 2. The van der Waals surface area contributed by atoms with Crippen molar-refractivity contribution in [2.75, 3.05) is 11.9 Å². The van der Waals surface area contributed by atoms with Crippen molar-refractivity contribution in [3.8, 4) is 0 Å². The van der Waals surface area contributed by atoms with Gasteiger partial charge in [0, 0.05) is 10.6 Å². The van der Waals surface area contributed by atoms with Crippen LogP contribution >= 0.6 is 11.3 Å². The molecule has 2 amide bonds. The highest BCUT2D eigenvalue weighted by Gasteiger charge is 2.26. The lowest BCUT2D eigenvalue weighted by Crippen LogP contribution is -2.43. The van der Waals surface area contributed by atoms with Gasteiger partial charge in [-0.05, 0) is 43.3 Å². The molecule has 122 valence electrons. The summed E-state index contributed by atoms with van der Waals surface area (Å²) in [6.07, 6.45) is 0. The van der Waals surface area contributed by atoms with Crippen molar-refractivity contribution < 1.29 is 14.7 Å². The van der Waals surface area contributed by atoms with E-state index in [1.165, 1.54) is 11.3 Å². The van der Waals surface area contributed by atoms with Gasteiger partial charge in [0.25, 0.3) is 0 Å². The molecule has 5 nitrogen and oxygen atoms in total. The molecule has 6 heteroatoms. The first kappa shape index (κ1) is 17.2. The third-order valence-electron chi connectivity index (χ3n) is 3.57. The van der Waals surface area contributed by atoms with Gasteiger partial charge < -0.3 is 15.7 Å². The van der Waals surface area contributed by atoms with Gasteiger partial charge in [0.15, 0.2) is 0 Å². The summed E-state index contributed by atoms with van der Waals surface area (Å²) in [5.41, 5.74) is 1.20. The lowest BCUT2D eigenvalue weighted by Gasteiger charge is -2.22. The minimum atomic E-state index is -1.21. The van der Waals surface area contributed by atoms with Crippen molar-refractivity contribution in [2.45, 2.75) is 26.4 Å².